The summed E-state index contributed by atoms with van der Waals surface area (Å²) in [6.45, 7) is 0.344. The van der Waals surface area contributed by atoms with Crippen LogP contribution in [-0.4, -0.2) is 0 Å². The molecule has 4 nitrogen and oxygen atoms in total. The maximum Gasteiger partial charge on any atom is 0.0511 e. The molecule has 0 saturated carbocycles. The third kappa shape index (κ3) is 2.56. The molecule has 0 aliphatic rings. The first-order chi connectivity index (χ1) is 8.31. The van der Waals surface area contributed by atoms with Crippen molar-refractivity contribution < 1.29 is 0 Å². The first-order valence-electron chi connectivity index (χ1n) is 5.26. The Labute approximate surface area is 99.3 Å². The molecule has 0 heterocycles. The van der Waals surface area contributed by atoms with Gasteiger partial charge < -0.3 is 5.73 Å². The maximum absolute atomic E-state index is 8.30. The zero-order valence-electron chi connectivity index (χ0n) is 9.24. The topological polar surface area (TPSA) is 74.8 Å². The van der Waals surface area contributed by atoms with Crippen molar-refractivity contribution in [3.8, 4) is 11.1 Å². The molecule has 2 rings (SSSR count). The number of nitrogens with two attached hydrogens (primary N) is 1. The Balaban J connectivity index is 2.43. The third-order valence-corrected chi connectivity index (χ3v) is 2.52. The lowest BCUT2D eigenvalue weighted by atomic mass is 10.0. The summed E-state index contributed by atoms with van der Waals surface area (Å²) in [4.78, 5) is 2.75. The Morgan fingerprint density at radius 3 is 2.59 bits per heavy atom. The summed E-state index contributed by atoms with van der Waals surface area (Å²) in [6.07, 6.45) is 0. The Morgan fingerprint density at radius 2 is 1.88 bits per heavy atom. The van der Waals surface area contributed by atoms with E-state index in [-0.39, 0.29) is 0 Å². The van der Waals surface area contributed by atoms with E-state index < -0.39 is 0 Å². The number of nitrogen functional groups attached to an aromatic ring is 1. The van der Waals surface area contributed by atoms with Gasteiger partial charge >= 0.3 is 0 Å². The van der Waals surface area contributed by atoms with E-state index in [4.69, 9.17) is 11.3 Å². The molecule has 0 fully saturated rings. The van der Waals surface area contributed by atoms with Gasteiger partial charge in [0.05, 0.1) is 6.54 Å². The van der Waals surface area contributed by atoms with Gasteiger partial charge in [0.1, 0.15) is 0 Å². The molecule has 2 aromatic carbocycles. The van der Waals surface area contributed by atoms with E-state index in [1.54, 1.807) is 0 Å². The van der Waals surface area contributed by atoms with Crippen LogP contribution < -0.4 is 5.73 Å². The molecule has 2 aromatic rings. The molecule has 0 radical (unpaired) electrons. The van der Waals surface area contributed by atoms with Gasteiger partial charge in [0.25, 0.3) is 0 Å². The molecule has 0 aromatic heterocycles. The van der Waals surface area contributed by atoms with Gasteiger partial charge in [-0.15, -0.1) is 0 Å². The van der Waals surface area contributed by atoms with E-state index in [0.29, 0.717) is 6.54 Å². The van der Waals surface area contributed by atoms with Crippen molar-refractivity contribution >= 4 is 5.69 Å². The predicted octanol–water partition coefficient (Wildman–Crippen LogP) is 3.75. The standard InChI is InChI=1S/C13H12N4/c14-13-7-6-10(9-16-17-15)8-12(13)11-4-2-1-3-5-11/h1-8H,9,14H2. The number of anilines is 1. The van der Waals surface area contributed by atoms with E-state index >= 15 is 0 Å². The SMILES string of the molecule is [N-]=[N+]=NCc1ccc(N)c(-c2ccccc2)c1. The van der Waals surface area contributed by atoms with Crippen molar-refractivity contribution in [2.45, 2.75) is 6.54 Å². The van der Waals surface area contributed by atoms with Crippen LogP contribution in [0.2, 0.25) is 0 Å². The van der Waals surface area contributed by atoms with Crippen molar-refractivity contribution in [2.24, 2.45) is 5.11 Å². The number of rotatable bonds is 3. The van der Waals surface area contributed by atoms with Gasteiger partial charge in [-0.25, -0.2) is 0 Å². The lowest BCUT2D eigenvalue weighted by Crippen LogP contribution is -1.92. The van der Waals surface area contributed by atoms with Gasteiger partial charge in [0, 0.05) is 16.2 Å². The second-order valence-corrected chi connectivity index (χ2v) is 3.68. The average Bonchev–Trinajstić information content (AvgIpc) is 2.39. The quantitative estimate of drug-likeness (QED) is 0.366. The molecule has 0 unspecified atom stereocenters. The lowest BCUT2D eigenvalue weighted by Gasteiger charge is -2.07. The Kier molecular flexibility index (Phi) is 3.28. The number of hydrogen-bond acceptors (Lipinski definition) is 2. The summed E-state index contributed by atoms with van der Waals surface area (Å²) in [5, 5.41) is 3.55. The first-order valence-corrected chi connectivity index (χ1v) is 5.26. The highest BCUT2D eigenvalue weighted by Gasteiger charge is 2.03. The normalized spacial score (nSPS) is 9.65. The second kappa shape index (κ2) is 5.05. The minimum atomic E-state index is 0.344. The number of benzene rings is 2. The average molecular weight is 224 g/mol. The van der Waals surface area contributed by atoms with E-state index in [1.807, 2.05) is 48.5 Å². The van der Waals surface area contributed by atoms with E-state index in [0.717, 1.165) is 22.4 Å². The summed E-state index contributed by atoms with van der Waals surface area (Å²) >= 11 is 0. The summed E-state index contributed by atoms with van der Waals surface area (Å²) in [6, 6.07) is 15.6. The second-order valence-electron chi connectivity index (χ2n) is 3.68. The van der Waals surface area contributed by atoms with Crippen LogP contribution in [0.25, 0.3) is 21.6 Å². The fourth-order valence-corrected chi connectivity index (χ4v) is 1.68. The largest absolute Gasteiger partial charge is 0.398 e. The minimum Gasteiger partial charge on any atom is -0.398 e. The first kappa shape index (κ1) is 11.0. The fourth-order valence-electron chi connectivity index (χ4n) is 1.68. The highest BCUT2D eigenvalue weighted by molar-refractivity contribution is 5.76. The van der Waals surface area contributed by atoms with Crippen molar-refractivity contribution in [3.05, 3.63) is 64.5 Å². The van der Waals surface area contributed by atoms with E-state index in [9.17, 15) is 0 Å². The van der Waals surface area contributed by atoms with Gasteiger partial charge in [0.2, 0.25) is 0 Å². The fraction of sp³-hybridized carbons (Fsp3) is 0.0769. The number of nitrogens with zero attached hydrogens (tertiary/aromatic N) is 3. The van der Waals surface area contributed by atoms with Gasteiger partial charge in [0.15, 0.2) is 0 Å². The molecule has 4 heteroatoms. The van der Waals surface area contributed by atoms with Crippen LogP contribution >= 0.6 is 0 Å². The predicted molar refractivity (Wildman–Crippen MR) is 69.1 cm³/mol. The van der Waals surface area contributed by atoms with Gasteiger partial charge in [-0.1, -0.05) is 41.5 Å². The van der Waals surface area contributed by atoms with Crippen LogP contribution in [0, 0.1) is 0 Å². The molecule has 0 amide bonds. The Bertz CT molecular complexity index is 557. The van der Waals surface area contributed by atoms with Crippen molar-refractivity contribution in [1.29, 1.82) is 0 Å². The lowest BCUT2D eigenvalue weighted by molar-refractivity contribution is 1.05. The van der Waals surface area contributed by atoms with Crippen LogP contribution in [0.1, 0.15) is 5.56 Å². The Hall–Kier alpha value is -2.45. The molecule has 0 spiro atoms. The molecule has 0 aliphatic carbocycles. The van der Waals surface area contributed by atoms with Crippen molar-refractivity contribution in [3.63, 3.8) is 0 Å². The zero-order chi connectivity index (χ0) is 12.1. The van der Waals surface area contributed by atoms with Gasteiger partial charge in [-0.2, -0.15) is 0 Å². The number of azide groups is 1. The van der Waals surface area contributed by atoms with Crippen LogP contribution in [0.4, 0.5) is 5.69 Å². The van der Waals surface area contributed by atoms with Crippen LogP contribution in [-0.2, 0) is 6.54 Å². The van der Waals surface area contributed by atoms with Crippen LogP contribution in [0.5, 0.6) is 0 Å². The van der Waals surface area contributed by atoms with Crippen molar-refractivity contribution in [1.82, 2.24) is 0 Å². The highest BCUT2D eigenvalue weighted by atomic mass is 15.1. The summed E-state index contributed by atoms with van der Waals surface area (Å²) in [5.41, 5.74) is 18.0. The summed E-state index contributed by atoms with van der Waals surface area (Å²) in [5.74, 6) is 0. The van der Waals surface area contributed by atoms with Crippen LogP contribution in [0.3, 0.4) is 0 Å². The molecular weight excluding hydrogens is 212 g/mol. The molecule has 0 atom stereocenters. The minimum absolute atomic E-state index is 0.344. The molecule has 0 bridgehead atoms. The molecule has 0 saturated heterocycles. The Morgan fingerprint density at radius 1 is 1.12 bits per heavy atom. The third-order valence-electron chi connectivity index (χ3n) is 2.52. The highest BCUT2D eigenvalue weighted by Crippen LogP contribution is 2.26. The molecule has 17 heavy (non-hydrogen) atoms. The maximum atomic E-state index is 8.30. The van der Waals surface area contributed by atoms with E-state index in [1.165, 1.54) is 0 Å². The monoisotopic (exact) mass is 224 g/mol. The summed E-state index contributed by atoms with van der Waals surface area (Å²) < 4.78 is 0. The van der Waals surface area contributed by atoms with E-state index in [2.05, 4.69) is 10.0 Å². The molecule has 84 valence electrons. The number of hydrogen-bond donors (Lipinski definition) is 1. The zero-order valence-corrected chi connectivity index (χ0v) is 9.24. The summed E-state index contributed by atoms with van der Waals surface area (Å²) in [7, 11) is 0. The van der Waals surface area contributed by atoms with Crippen LogP contribution in [0.15, 0.2) is 53.6 Å². The van der Waals surface area contributed by atoms with Crippen molar-refractivity contribution in [2.75, 3.05) is 5.73 Å². The van der Waals surface area contributed by atoms with Gasteiger partial charge in [-0.05, 0) is 28.8 Å². The smallest absolute Gasteiger partial charge is 0.0511 e. The molecular formula is C13H12N4. The molecule has 0 aliphatic heterocycles. The molecule has 2 N–H and O–H groups in total. The van der Waals surface area contributed by atoms with Gasteiger partial charge in [-0.3, -0.25) is 0 Å².